The van der Waals surface area contributed by atoms with E-state index in [2.05, 4.69) is 10.1 Å². The van der Waals surface area contributed by atoms with Crippen LogP contribution in [0.3, 0.4) is 0 Å². The molecule has 0 aliphatic carbocycles. The smallest absolute Gasteiger partial charge is 0.319 e. The van der Waals surface area contributed by atoms with Crippen LogP contribution in [-0.4, -0.2) is 44.0 Å². The highest BCUT2D eigenvalue weighted by Gasteiger charge is 2.09. The van der Waals surface area contributed by atoms with Crippen molar-refractivity contribution < 1.29 is 18.7 Å². The monoisotopic (exact) mass is 268 g/mol. The number of amides is 1. The minimum absolute atomic E-state index is 0.129. The van der Waals surface area contributed by atoms with Gasteiger partial charge < -0.3 is 10.1 Å². The van der Waals surface area contributed by atoms with Crippen LogP contribution in [0.15, 0.2) is 24.3 Å². The van der Waals surface area contributed by atoms with Crippen molar-refractivity contribution in [2.45, 2.75) is 6.42 Å². The van der Waals surface area contributed by atoms with Crippen molar-refractivity contribution in [2.75, 3.05) is 32.6 Å². The highest BCUT2D eigenvalue weighted by atomic mass is 19.1. The molecule has 0 fully saturated rings. The van der Waals surface area contributed by atoms with Crippen LogP contribution in [-0.2, 0) is 14.3 Å². The molecule has 0 saturated carbocycles. The fourth-order valence-electron chi connectivity index (χ4n) is 1.45. The van der Waals surface area contributed by atoms with E-state index >= 15 is 0 Å². The maximum atomic E-state index is 12.9. The summed E-state index contributed by atoms with van der Waals surface area (Å²) < 4.78 is 17.4. The van der Waals surface area contributed by atoms with Crippen molar-refractivity contribution in [2.24, 2.45) is 0 Å². The summed E-state index contributed by atoms with van der Waals surface area (Å²) in [6, 6.07) is 5.68. The van der Waals surface area contributed by atoms with Crippen molar-refractivity contribution in [3.8, 4) is 0 Å². The first-order valence-corrected chi connectivity index (χ1v) is 5.82. The lowest BCUT2D eigenvalue weighted by Crippen LogP contribution is -2.30. The summed E-state index contributed by atoms with van der Waals surface area (Å²) in [6.07, 6.45) is 0.212. The molecule has 19 heavy (non-hydrogen) atoms. The Hall–Kier alpha value is -1.95. The van der Waals surface area contributed by atoms with E-state index in [1.807, 2.05) is 0 Å². The summed E-state index contributed by atoms with van der Waals surface area (Å²) in [4.78, 5) is 24.3. The molecule has 0 aromatic heterocycles. The zero-order valence-corrected chi connectivity index (χ0v) is 11.0. The number of benzene rings is 1. The Morgan fingerprint density at radius 2 is 2.16 bits per heavy atom. The van der Waals surface area contributed by atoms with Crippen molar-refractivity contribution in [1.29, 1.82) is 0 Å². The number of hydrogen-bond donors (Lipinski definition) is 1. The molecule has 0 saturated heterocycles. The molecular formula is C13H17FN2O3. The standard InChI is InChI=1S/C13H17FN2O3/c1-16(9-13(18)19-2)7-6-12(17)15-11-5-3-4-10(14)8-11/h3-5,8H,6-7,9H2,1-2H3,(H,15,17). The number of methoxy groups -OCH3 is 1. The van der Waals surface area contributed by atoms with Gasteiger partial charge in [-0.15, -0.1) is 0 Å². The number of carbonyl (C=O) groups excluding carboxylic acids is 2. The Labute approximate surface area is 111 Å². The minimum atomic E-state index is -0.402. The number of esters is 1. The molecule has 6 heteroatoms. The summed E-state index contributed by atoms with van der Waals surface area (Å²) in [5.74, 6) is -0.990. The van der Waals surface area contributed by atoms with Crippen molar-refractivity contribution in [1.82, 2.24) is 4.90 Å². The maximum absolute atomic E-state index is 12.9. The molecule has 1 amide bonds. The third kappa shape index (κ3) is 5.96. The summed E-state index contributed by atoms with van der Waals surface area (Å²) in [7, 11) is 3.03. The van der Waals surface area contributed by atoms with E-state index in [4.69, 9.17) is 0 Å². The van der Waals surface area contributed by atoms with E-state index in [-0.39, 0.29) is 24.8 Å². The molecule has 0 aliphatic heterocycles. The first-order valence-electron chi connectivity index (χ1n) is 5.82. The Morgan fingerprint density at radius 1 is 1.42 bits per heavy atom. The molecule has 104 valence electrons. The van der Waals surface area contributed by atoms with Crippen LogP contribution < -0.4 is 5.32 Å². The average Bonchev–Trinajstić information content (AvgIpc) is 2.36. The number of nitrogens with one attached hydrogen (secondary N) is 1. The first-order chi connectivity index (χ1) is 9.01. The van der Waals surface area contributed by atoms with Gasteiger partial charge in [0.25, 0.3) is 0 Å². The molecule has 0 spiro atoms. The number of likely N-dealkylation sites (N-methyl/N-ethyl adjacent to an activating group) is 1. The molecule has 1 aromatic rings. The highest BCUT2D eigenvalue weighted by Crippen LogP contribution is 2.09. The number of halogens is 1. The zero-order valence-electron chi connectivity index (χ0n) is 11.0. The van der Waals surface area contributed by atoms with Gasteiger partial charge >= 0.3 is 5.97 Å². The topological polar surface area (TPSA) is 58.6 Å². The predicted octanol–water partition coefficient (Wildman–Crippen LogP) is 1.26. The van der Waals surface area contributed by atoms with Crippen LogP contribution in [0.2, 0.25) is 0 Å². The largest absolute Gasteiger partial charge is 0.468 e. The molecule has 0 atom stereocenters. The molecule has 5 nitrogen and oxygen atoms in total. The third-order valence-corrected chi connectivity index (χ3v) is 2.46. The molecule has 1 aromatic carbocycles. The fourth-order valence-corrected chi connectivity index (χ4v) is 1.45. The maximum Gasteiger partial charge on any atom is 0.319 e. The average molecular weight is 268 g/mol. The van der Waals surface area contributed by atoms with E-state index in [0.29, 0.717) is 12.2 Å². The van der Waals surface area contributed by atoms with Gasteiger partial charge in [-0.25, -0.2) is 4.39 Å². The van der Waals surface area contributed by atoms with E-state index in [0.717, 1.165) is 0 Å². The number of carbonyl (C=O) groups is 2. The number of anilines is 1. The number of ether oxygens (including phenoxy) is 1. The van der Waals surface area contributed by atoms with Crippen molar-refractivity contribution in [3.05, 3.63) is 30.1 Å². The van der Waals surface area contributed by atoms with Crippen molar-refractivity contribution in [3.63, 3.8) is 0 Å². The molecule has 0 unspecified atom stereocenters. The third-order valence-electron chi connectivity index (χ3n) is 2.46. The molecule has 1 N–H and O–H groups in total. The second-order valence-electron chi connectivity index (χ2n) is 4.12. The fraction of sp³-hybridized carbons (Fsp3) is 0.385. The second-order valence-corrected chi connectivity index (χ2v) is 4.12. The molecule has 0 radical (unpaired) electrons. The van der Waals surface area contributed by atoms with E-state index in [1.165, 1.54) is 25.3 Å². The molecule has 0 heterocycles. The first kappa shape index (κ1) is 15.1. The number of rotatable bonds is 6. The normalized spacial score (nSPS) is 10.3. The summed E-state index contributed by atoms with van der Waals surface area (Å²) in [6.45, 7) is 0.542. The van der Waals surface area contributed by atoms with E-state index < -0.39 is 5.82 Å². The summed E-state index contributed by atoms with van der Waals surface area (Å²) in [5, 5.41) is 2.58. The molecular weight excluding hydrogens is 251 g/mol. The SMILES string of the molecule is COC(=O)CN(C)CCC(=O)Nc1cccc(F)c1. The van der Waals surface area contributed by atoms with Gasteiger partial charge in [-0.3, -0.25) is 14.5 Å². The van der Waals surface area contributed by atoms with Crippen LogP contribution >= 0.6 is 0 Å². The molecule has 0 bridgehead atoms. The number of nitrogens with zero attached hydrogens (tertiary/aromatic N) is 1. The Kier molecular flexibility index (Phi) is 5.95. The zero-order chi connectivity index (χ0) is 14.3. The van der Waals surface area contributed by atoms with Gasteiger partial charge in [-0.2, -0.15) is 0 Å². The van der Waals surface area contributed by atoms with Gasteiger partial charge in [0.15, 0.2) is 0 Å². The van der Waals surface area contributed by atoms with Gasteiger partial charge in [-0.1, -0.05) is 6.07 Å². The number of hydrogen-bond acceptors (Lipinski definition) is 4. The Bertz CT molecular complexity index is 451. The van der Waals surface area contributed by atoms with E-state index in [9.17, 15) is 14.0 Å². The molecule has 1 rings (SSSR count). The van der Waals surface area contributed by atoms with Gasteiger partial charge in [0.05, 0.1) is 13.7 Å². The van der Waals surface area contributed by atoms with Gasteiger partial charge in [0, 0.05) is 18.7 Å². The minimum Gasteiger partial charge on any atom is -0.468 e. The van der Waals surface area contributed by atoms with E-state index in [1.54, 1.807) is 18.0 Å². The second kappa shape index (κ2) is 7.48. The van der Waals surface area contributed by atoms with Crippen molar-refractivity contribution >= 4 is 17.6 Å². The van der Waals surface area contributed by atoms with Gasteiger partial charge in [-0.05, 0) is 25.2 Å². The Morgan fingerprint density at radius 3 is 2.79 bits per heavy atom. The lowest BCUT2D eigenvalue weighted by atomic mass is 10.3. The predicted molar refractivity (Wildman–Crippen MR) is 69.2 cm³/mol. The summed E-state index contributed by atoms with van der Waals surface area (Å²) >= 11 is 0. The van der Waals surface area contributed by atoms with Gasteiger partial charge in [0.1, 0.15) is 5.82 Å². The van der Waals surface area contributed by atoms with Crippen LogP contribution in [0, 0.1) is 5.82 Å². The van der Waals surface area contributed by atoms with Gasteiger partial charge in [0.2, 0.25) is 5.91 Å². The lowest BCUT2D eigenvalue weighted by Gasteiger charge is -2.14. The lowest BCUT2D eigenvalue weighted by molar-refractivity contribution is -0.141. The quantitative estimate of drug-likeness (QED) is 0.789. The van der Waals surface area contributed by atoms with Crippen LogP contribution in [0.5, 0.6) is 0 Å². The summed E-state index contributed by atoms with van der Waals surface area (Å²) in [5.41, 5.74) is 0.417. The Balaban J connectivity index is 2.34. The van der Waals surface area contributed by atoms with Crippen LogP contribution in [0.1, 0.15) is 6.42 Å². The van der Waals surface area contributed by atoms with Crippen LogP contribution in [0.4, 0.5) is 10.1 Å². The molecule has 0 aliphatic rings. The van der Waals surface area contributed by atoms with Crippen LogP contribution in [0.25, 0.3) is 0 Å². The highest BCUT2D eigenvalue weighted by molar-refractivity contribution is 5.90.